The molecule has 0 aromatic heterocycles. The Morgan fingerprint density at radius 1 is 0.880 bits per heavy atom. The summed E-state index contributed by atoms with van der Waals surface area (Å²) in [5.41, 5.74) is 0. The van der Waals surface area contributed by atoms with E-state index in [-0.39, 0.29) is 24.8 Å². The minimum Gasteiger partial charge on any atom is -0.484 e. The largest absolute Gasteiger partial charge is 0.484 e. The number of benzene rings is 1. The Kier molecular flexibility index (Phi) is 10.0. The Hall–Kier alpha value is -0.830. The van der Waals surface area contributed by atoms with Crippen molar-refractivity contribution in [2.24, 2.45) is 0 Å². The molecule has 25 heavy (non-hydrogen) atoms. The van der Waals surface area contributed by atoms with Crippen LogP contribution < -0.4 is 4.74 Å². The van der Waals surface area contributed by atoms with Gasteiger partial charge in [-0.15, -0.1) is 24.8 Å². The number of ether oxygens (including phenoxy) is 1. The molecule has 0 atom stereocenters. The maximum Gasteiger partial charge on any atom is 0.207 e. The lowest BCUT2D eigenvalue weighted by molar-refractivity contribution is 0.0878. The molecule has 0 saturated carbocycles. The molecule has 0 unspecified atom stereocenters. The third-order valence-corrected chi connectivity index (χ3v) is 3.85. The average Bonchev–Trinajstić information content (AvgIpc) is 2.54. The summed E-state index contributed by atoms with van der Waals surface area (Å²) in [6.45, 7) is 3.02. The van der Waals surface area contributed by atoms with Gasteiger partial charge in [-0.1, -0.05) is 0 Å². The van der Waals surface area contributed by atoms with Crippen molar-refractivity contribution in [2.75, 3.05) is 40.3 Å². The number of likely N-dealkylation sites (N-methyl/N-ethyl adjacent to an activating group) is 1. The van der Waals surface area contributed by atoms with E-state index < -0.39 is 40.9 Å². The topological polar surface area (TPSA) is 15.7 Å². The van der Waals surface area contributed by atoms with Crippen LogP contribution in [0.5, 0.6) is 5.75 Å². The monoisotopic (exact) mass is 410 g/mol. The summed E-state index contributed by atoms with van der Waals surface area (Å²) in [6, 6.07) is 0. The summed E-state index contributed by atoms with van der Waals surface area (Å²) in [7, 11) is 3.91. The minimum absolute atomic E-state index is 0. The molecular formula is C15H21Cl2F5N2O. The van der Waals surface area contributed by atoms with Gasteiger partial charge in [0.15, 0.2) is 5.75 Å². The first-order valence-corrected chi connectivity index (χ1v) is 7.36. The second-order valence-corrected chi connectivity index (χ2v) is 5.86. The maximum absolute atomic E-state index is 13.6. The molecule has 1 fully saturated rings. The molecule has 0 amide bonds. The van der Waals surface area contributed by atoms with Gasteiger partial charge in [-0.25, -0.2) is 13.2 Å². The lowest BCUT2D eigenvalue weighted by Gasteiger charge is -2.32. The number of likely N-dealkylation sites (tertiary alicyclic amines) is 1. The van der Waals surface area contributed by atoms with Crippen molar-refractivity contribution >= 4 is 24.8 Å². The van der Waals surface area contributed by atoms with E-state index in [1.54, 1.807) is 0 Å². The highest BCUT2D eigenvalue weighted by Gasteiger charge is 2.30. The van der Waals surface area contributed by atoms with E-state index in [1.807, 2.05) is 19.0 Å². The molecule has 1 aromatic carbocycles. The Bertz CT molecular complexity index is 540. The summed E-state index contributed by atoms with van der Waals surface area (Å²) < 4.78 is 71.5. The lowest BCUT2D eigenvalue weighted by atomic mass is 10.1. The summed E-state index contributed by atoms with van der Waals surface area (Å²) in [6.07, 6.45) is 0.360. The SMILES string of the molecule is CN(C)CCN1CCC(Oc2c(F)c(F)c(F)c(F)c2F)CC1.Cl.Cl. The van der Waals surface area contributed by atoms with Crippen molar-refractivity contribution in [1.82, 2.24) is 9.80 Å². The molecule has 0 radical (unpaired) electrons. The van der Waals surface area contributed by atoms with Gasteiger partial charge in [0.25, 0.3) is 0 Å². The fourth-order valence-electron chi connectivity index (χ4n) is 2.45. The summed E-state index contributed by atoms with van der Waals surface area (Å²) >= 11 is 0. The third-order valence-electron chi connectivity index (χ3n) is 3.85. The number of rotatable bonds is 5. The second-order valence-electron chi connectivity index (χ2n) is 5.86. The highest BCUT2D eigenvalue weighted by atomic mass is 35.5. The van der Waals surface area contributed by atoms with Crippen LogP contribution in [0.25, 0.3) is 0 Å². The van der Waals surface area contributed by atoms with Crippen LogP contribution in [0.15, 0.2) is 0 Å². The third kappa shape index (κ3) is 5.84. The lowest BCUT2D eigenvalue weighted by Crippen LogP contribution is -2.41. The van der Waals surface area contributed by atoms with Gasteiger partial charge in [-0.05, 0) is 26.9 Å². The molecule has 1 heterocycles. The predicted octanol–water partition coefficient (Wildman–Crippen LogP) is 3.63. The molecule has 146 valence electrons. The molecule has 1 aliphatic rings. The van der Waals surface area contributed by atoms with Crippen LogP contribution in [0.1, 0.15) is 12.8 Å². The first-order valence-electron chi connectivity index (χ1n) is 7.36. The van der Waals surface area contributed by atoms with Crippen LogP contribution in [-0.4, -0.2) is 56.2 Å². The Morgan fingerprint density at radius 2 is 1.32 bits per heavy atom. The van der Waals surface area contributed by atoms with Crippen molar-refractivity contribution in [2.45, 2.75) is 18.9 Å². The first-order chi connectivity index (χ1) is 10.8. The number of halogens is 7. The van der Waals surface area contributed by atoms with Crippen LogP contribution in [-0.2, 0) is 0 Å². The molecule has 1 saturated heterocycles. The normalized spacial score (nSPS) is 15.7. The van der Waals surface area contributed by atoms with Crippen molar-refractivity contribution < 1.29 is 26.7 Å². The minimum atomic E-state index is -2.18. The molecule has 0 N–H and O–H groups in total. The number of nitrogens with zero attached hydrogens (tertiary/aromatic N) is 2. The molecular weight excluding hydrogens is 390 g/mol. The number of piperidine rings is 1. The highest BCUT2D eigenvalue weighted by molar-refractivity contribution is 5.85. The van der Waals surface area contributed by atoms with Gasteiger partial charge in [-0.3, -0.25) is 0 Å². The molecule has 3 nitrogen and oxygen atoms in total. The van der Waals surface area contributed by atoms with Crippen LogP contribution in [0, 0.1) is 29.1 Å². The van der Waals surface area contributed by atoms with E-state index in [9.17, 15) is 22.0 Å². The van der Waals surface area contributed by atoms with Gasteiger partial charge in [0.1, 0.15) is 6.10 Å². The quantitative estimate of drug-likeness (QED) is 0.418. The Morgan fingerprint density at radius 3 is 1.76 bits per heavy atom. The predicted molar refractivity (Wildman–Crippen MR) is 89.4 cm³/mol. The molecule has 10 heteroatoms. The Labute approximate surface area is 155 Å². The van der Waals surface area contributed by atoms with Gasteiger partial charge < -0.3 is 14.5 Å². The molecule has 1 aromatic rings. The maximum atomic E-state index is 13.6. The van der Waals surface area contributed by atoms with E-state index in [0.717, 1.165) is 13.1 Å². The van der Waals surface area contributed by atoms with Gasteiger partial charge in [0.05, 0.1) is 0 Å². The number of hydrogen-bond donors (Lipinski definition) is 0. The van der Waals surface area contributed by atoms with Crippen molar-refractivity contribution in [1.29, 1.82) is 0 Å². The standard InChI is InChI=1S/C15H19F5N2O.2ClH/c1-21(2)7-8-22-5-3-9(4-6-22)23-15-13(19)11(17)10(16)12(18)14(15)20;;/h9H,3-8H2,1-2H3;2*1H. The van der Waals surface area contributed by atoms with Crippen LogP contribution in [0.4, 0.5) is 22.0 Å². The first kappa shape index (κ1) is 24.2. The zero-order chi connectivity index (χ0) is 17.1. The van der Waals surface area contributed by atoms with Gasteiger partial charge in [-0.2, -0.15) is 8.78 Å². The van der Waals surface area contributed by atoms with Crippen LogP contribution >= 0.6 is 24.8 Å². The zero-order valence-electron chi connectivity index (χ0n) is 13.8. The zero-order valence-corrected chi connectivity index (χ0v) is 15.5. The van der Waals surface area contributed by atoms with E-state index in [4.69, 9.17) is 4.74 Å². The summed E-state index contributed by atoms with van der Waals surface area (Å²) in [4.78, 5) is 4.20. The van der Waals surface area contributed by atoms with Crippen LogP contribution in [0.2, 0.25) is 0 Å². The smallest absolute Gasteiger partial charge is 0.207 e. The van der Waals surface area contributed by atoms with E-state index in [2.05, 4.69) is 4.90 Å². The second kappa shape index (κ2) is 10.4. The molecule has 0 bridgehead atoms. The van der Waals surface area contributed by atoms with E-state index in [0.29, 0.717) is 25.9 Å². The van der Waals surface area contributed by atoms with Crippen molar-refractivity contribution in [3.63, 3.8) is 0 Å². The summed E-state index contributed by atoms with van der Waals surface area (Å²) in [5.74, 6) is -11.2. The molecule has 0 spiro atoms. The fraction of sp³-hybridized carbons (Fsp3) is 0.600. The van der Waals surface area contributed by atoms with Crippen LogP contribution in [0.3, 0.4) is 0 Å². The number of hydrogen-bond acceptors (Lipinski definition) is 3. The van der Waals surface area contributed by atoms with Crippen molar-refractivity contribution in [3.05, 3.63) is 29.1 Å². The van der Waals surface area contributed by atoms with Gasteiger partial charge in [0.2, 0.25) is 29.1 Å². The fourth-order valence-corrected chi connectivity index (χ4v) is 2.45. The molecule has 0 aliphatic carbocycles. The van der Waals surface area contributed by atoms with E-state index in [1.165, 1.54) is 0 Å². The summed E-state index contributed by atoms with van der Waals surface area (Å²) in [5, 5.41) is 0. The Balaban J connectivity index is 0.00000288. The van der Waals surface area contributed by atoms with Gasteiger partial charge in [0, 0.05) is 26.2 Å². The van der Waals surface area contributed by atoms with Gasteiger partial charge >= 0.3 is 0 Å². The molecule has 2 rings (SSSR count). The highest BCUT2D eigenvalue weighted by Crippen LogP contribution is 2.31. The van der Waals surface area contributed by atoms with E-state index >= 15 is 0 Å². The molecule has 1 aliphatic heterocycles. The average molecular weight is 411 g/mol. The van der Waals surface area contributed by atoms with Crippen molar-refractivity contribution in [3.8, 4) is 5.75 Å².